The number of carbonyl (C=O) groups excluding carboxylic acids is 1. The zero-order chi connectivity index (χ0) is 16.7. The molecule has 3 heterocycles. The van der Waals surface area contributed by atoms with Crippen molar-refractivity contribution >= 4 is 16.8 Å². The molecule has 2 aromatic rings. The third-order valence-electron chi connectivity index (χ3n) is 5.36. The Hall–Kier alpha value is -2.14. The number of rotatable bonds is 1. The van der Waals surface area contributed by atoms with Gasteiger partial charge in [0, 0.05) is 37.2 Å². The van der Waals surface area contributed by atoms with Gasteiger partial charge in [-0.15, -0.1) is 0 Å². The number of piperidine rings is 1. The summed E-state index contributed by atoms with van der Waals surface area (Å²) in [4.78, 5) is 30.6. The van der Waals surface area contributed by atoms with Gasteiger partial charge in [-0.3, -0.25) is 9.59 Å². The van der Waals surface area contributed by atoms with Crippen LogP contribution in [0.25, 0.3) is 10.9 Å². The molecular weight excluding hydrogens is 304 g/mol. The zero-order valence-corrected chi connectivity index (χ0v) is 13.9. The number of H-pyrrole nitrogens is 1. The summed E-state index contributed by atoms with van der Waals surface area (Å²) in [7, 11) is 0. The van der Waals surface area contributed by atoms with Crippen molar-refractivity contribution in [3.05, 3.63) is 45.7 Å². The Bertz CT molecular complexity index is 842. The van der Waals surface area contributed by atoms with Crippen LogP contribution in [0.2, 0.25) is 0 Å². The average Bonchev–Trinajstić information content (AvgIpc) is 2.62. The van der Waals surface area contributed by atoms with E-state index in [0.717, 1.165) is 36.9 Å². The Morgan fingerprint density at radius 1 is 1.33 bits per heavy atom. The number of para-hydroxylation sites is 1. The van der Waals surface area contributed by atoms with Crippen LogP contribution >= 0.6 is 0 Å². The first-order valence-corrected chi connectivity index (χ1v) is 8.67. The highest BCUT2D eigenvalue weighted by molar-refractivity contribution is 5.97. The molecule has 1 amide bonds. The molecule has 24 heavy (non-hydrogen) atoms. The maximum atomic E-state index is 12.9. The second kappa shape index (κ2) is 6.06. The molecule has 0 bridgehead atoms. The summed E-state index contributed by atoms with van der Waals surface area (Å²) in [6, 6.07) is 5.58. The molecule has 1 aromatic heterocycles. The average molecular weight is 326 g/mol. The SMILES string of the molecule is Cc1cccc2c(=O)c(C(=O)N3CCC4OCCCC4C3)c[nH]c12. The summed E-state index contributed by atoms with van der Waals surface area (Å²) >= 11 is 0. The molecule has 2 aliphatic heterocycles. The van der Waals surface area contributed by atoms with Gasteiger partial charge in [0.05, 0.1) is 11.6 Å². The minimum atomic E-state index is -0.181. The number of pyridine rings is 1. The predicted octanol–water partition coefficient (Wildman–Crippen LogP) is 2.48. The monoisotopic (exact) mass is 326 g/mol. The van der Waals surface area contributed by atoms with E-state index in [4.69, 9.17) is 4.74 Å². The third kappa shape index (κ3) is 2.53. The van der Waals surface area contributed by atoms with Crippen molar-refractivity contribution in [1.29, 1.82) is 0 Å². The molecule has 2 unspecified atom stereocenters. The van der Waals surface area contributed by atoms with Crippen LogP contribution in [-0.4, -0.2) is 41.6 Å². The molecule has 2 atom stereocenters. The summed E-state index contributed by atoms with van der Waals surface area (Å²) in [5.74, 6) is 0.238. The fourth-order valence-electron chi connectivity index (χ4n) is 4.00. The molecule has 5 nitrogen and oxygen atoms in total. The van der Waals surface area contributed by atoms with Crippen LogP contribution in [0.5, 0.6) is 0 Å². The van der Waals surface area contributed by atoms with Crippen LogP contribution in [0.15, 0.2) is 29.2 Å². The molecule has 0 radical (unpaired) electrons. The lowest BCUT2D eigenvalue weighted by atomic mass is 9.88. The number of aromatic amines is 1. The summed E-state index contributed by atoms with van der Waals surface area (Å²) in [5, 5.41) is 0.580. The molecule has 2 saturated heterocycles. The minimum Gasteiger partial charge on any atom is -0.378 e. The maximum absolute atomic E-state index is 12.9. The minimum absolute atomic E-state index is 0.163. The van der Waals surface area contributed by atoms with E-state index in [1.807, 2.05) is 24.0 Å². The van der Waals surface area contributed by atoms with Crippen molar-refractivity contribution in [2.45, 2.75) is 32.3 Å². The summed E-state index contributed by atoms with van der Waals surface area (Å²) < 4.78 is 5.80. The van der Waals surface area contributed by atoms with Crippen LogP contribution in [-0.2, 0) is 4.74 Å². The van der Waals surface area contributed by atoms with Crippen molar-refractivity contribution < 1.29 is 9.53 Å². The highest BCUT2D eigenvalue weighted by Gasteiger charge is 2.34. The number of aryl methyl sites for hydroxylation is 1. The molecule has 0 aliphatic carbocycles. The highest BCUT2D eigenvalue weighted by Crippen LogP contribution is 2.28. The van der Waals surface area contributed by atoms with Crippen molar-refractivity contribution in [2.24, 2.45) is 5.92 Å². The number of amides is 1. The van der Waals surface area contributed by atoms with Crippen LogP contribution in [0.3, 0.4) is 0 Å². The van der Waals surface area contributed by atoms with Crippen LogP contribution < -0.4 is 5.43 Å². The Morgan fingerprint density at radius 2 is 2.21 bits per heavy atom. The molecule has 2 fully saturated rings. The van der Waals surface area contributed by atoms with Gasteiger partial charge < -0.3 is 14.6 Å². The van der Waals surface area contributed by atoms with E-state index in [1.54, 1.807) is 12.3 Å². The number of hydrogen-bond acceptors (Lipinski definition) is 3. The zero-order valence-electron chi connectivity index (χ0n) is 13.9. The lowest BCUT2D eigenvalue weighted by Gasteiger charge is -2.40. The molecule has 2 aliphatic rings. The molecule has 5 heteroatoms. The largest absolute Gasteiger partial charge is 0.378 e. The first kappa shape index (κ1) is 15.4. The van der Waals surface area contributed by atoms with E-state index >= 15 is 0 Å². The quantitative estimate of drug-likeness (QED) is 0.876. The second-order valence-electron chi connectivity index (χ2n) is 6.88. The Balaban J connectivity index is 1.64. The van der Waals surface area contributed by atoms with Crippen LogP contribution in [0.4, 0.5) is 0 Å². The van der Waals surface area contributed by atoms with Gasteiger partial charge in [-0.1, -0.05) is 12.1 Å². The number of fused-ring (bicyclic) bond motifs is 2. The number of nitrogens with one attached hydrogen (secondary N) is 1. The number of aromatic nitrogens is 1. The lowest BCUT2D eigenvalue weighted by Crippen LogP contribution is -2.49. The highest BCUT2D eigenvalue weighted by atomic mass is 16.5. The van der Waals surface area contributed by atoms with Crippen molar-refractivity contribution in [2.75, 3.05) is 19.7 Å². The number of carbonyl (C=O) groups is 1. The smallest absolute Gasteiger partial charge is 0.259 e. The summed E-state index contributed by atoms with van der Waals surface area (Å²) in [5.41, 5.74) is 1.87. The normalized spacial score (nSPS) is 24.0. The molecular formula is C19H22N2O3. The fourth-order valence-corrected chi connectivity index (χ4v) is 4.00. The van der Waals surface area contributed by atoms with Gasteiger partial charge in [0.25, 0.3) is 5.91 Å². The summed E-state index contributed by atoms with van der Waals surface area (Å²) in [6.07, 6.45) is 4.87. The number of ether oxygens (including phenoxy) is 1. The Kier molecular flexibility index (Phi) is 3.88. The number of likely N-dealkylation sites (tertiary alicyclic amines) is 1. The molecule has 0 spiro atoms. The Labute approximate surface area is 140 Å². The van der Waals surface area contributed by atoms with Gasteiger partial charge in [0.2, 0.25) is 5.43 Å². The second-order valence-corrected chi connectivity index (χ2v) is 6.88. The third-order valence-corrected chi connectivity index (χ3v) is 5.36. The van der Waals surface area contributed by atoms with Gasteiger partial charge in [0.15, 0.2) is 0 Å². The first-order chi connectivity index (χ1) is 11.6. The topological polar surface area (TPSA) is 62.4 Å². The van der Waals surface area contributed by atoms with Gasteiger partial charge in [-0.2, -0.15) is 0 Å². The van der Waals surface area contributed by atoms with Gasteiger partial charge >= 0.3 is 0 Å². The van der Waals surface area contributed by atoms with E-state index < -0.39 is 0 Å². The van der Waals surface area contributed by atoms with Crippen molar-refractivity contribution in [3.8, 4) is 0 Å². The first-order valence-electron chi connectivity index (χ1n) is 8.67. The molecule has 0 saturated carbocycles. The van der Waals surface area contributed by atoms with E-state index in [-0.39, 0.29) is 23.0 Å². The lowest BCUT2D eigenvalue weighted by molar-refractivity contribution is -0.0607. The van der Waals surface area contributed by atoms with Gasteiger partial charge in [-0.25, -0.2) is 0 Å². The molecule has 126 valence electrons. The maximum Gasteiger partial charge on any atom is 0.259 e. The van der Waals surface area contributed by atoms with E-state index in [1.165, 1.54) is 0 Å². The molecule has 4 rings (SSSR count). The summed E-state index contributed by atoms with van der Waals surface area (Å²) in [6.45, 7) is 4.13. The number of benzene rings is 1. The molecule has 1 aromatic carbocycles. The Morgan fingerprint density at radius 3 is 3.08 bits per heavy atom. The van der Waals surface area contributed by atoms with Gasteiger partial charge in [-0.05, 0) is 37.8 Å². The number of hydrogen-bond donors (Lipinski definition) is 1. The van der Waals surface area contributed by atoms with Crippen molar-refractivity contribution in [1.82, 2.24) is 9.88 Å². The molecule has 1 N–H and O–H groups in total. The van der Waals surface area contributed by atoms with Crippen LogP contribution in [0, 0.1) is 12.8 Å². The predicted molar refractivity (Wildman–Crippen MR) is 92.3 cm³/mol. The van der Waals surface area contributed by atoms with E-state index in [0.29, 0.717) is 24.4 Å². The standard InChI is InChI=1S/C19H22N2O3/c1-12-4-2-6-14-17(12)20-10-15(18(14)22)19(23)21-8-7-16-13(11-21)5-3-9-24-16/h2,4,6,10,13,16H,3,5,7-9,11H2,1H3,(H,20,22). The van der Waals surface area contributed by atoms with E-state index in [2.05, 4.69) is 4.98 Å². The van der Waals surface area contributed by atoms with E-state index in [9.17, 15) is 9.59 Å². The van der Waals surface area contributed by atoms with Crippen molar-refractivity contribution in [3.63, 3.8) is 0 Å². The number of nitrogens with zero attached hydrogens (tertiary/aromatic N) is 1. The fraction of sp³-hybridized carbons (Fsp3) is 0.474. The van der Waals surface area contributed by atoms with Crippen LogP contribution in [0.1, 0.15) is 35.2 Å². The van der Waals surface area contributed by atoms with Gasteiger partial charge in [0.1, 0.15) is 5.56 Å².